The molecule has 197 valence electrons. The van der Waals surface area contributed by atoms with Crippen molar-refractivity contribution in [3.63, 3.8) is 0 Å². The maximum atomic E-state index is 8.83. The number of hydrogen-bond acceptors (Lipinski definition) is 6. The summed E-state index contributed by atoms with van der Waals surface area (Å²) in [5.74, 6) is 0. The zero-order valence-electron chi connectivity index (χ0n) is 19.7. The quantitative estimate of drug-likeness (QED) is 0.391. The fourth-order valence-corrected chi connectivity index (χ4v) is 4.01. The van der Waals surface area contributed by atoms with E-state index in [1.807, 2.05) is 36.5 Å². The van der Waals surface area contributed by atoms with E-state index in [1.54, 1.807) is 0 Å². The van der Waals surface area contributed by atoms with Gasteiger partial charge in [0.05, 0.1) is 5.69 Å². The van der Waals surface area contributed by atoms with Crippen molar-refractivity contribution in [1.82, 2.24) is 0 Å². The summed E-state index contributed by atoms with van der Waals surface area (Å²) in [6.45, 7) is 2.06. The van der Waals surface area contributed by atoms with Crippen molar-refractivity contribution in [3.8, 4) is 0 Å². The van der Waals surface area contributed by atoms with Gasteiger partial charge in [0, 0.05) is 6.04 Å². The zero-order valence-corrected chi connectivity index (χ0v) is 21.4. The first-order valence-corrected chi connectivity index (χ1v) is 13.3. The van der Waals surface area contributed by atoms with Crippen LogP contribution in [0.2, 0.25) is 0 Å². The van der Waals surface area contributed by atoms with Gasteiger partial charge in [-0.3, -0.25) is 9.98 Å². The average molecular weight is 547 g/mol. The molecule has 2 heterocycles. The van der Waals surface area contributed by atoms with Crippen molar-refractivity contribution in [2.45, 2.75) is 88.8 Å². The standard InChI is InChI=1S/C12H21N2.C12H15N2.ClH3O4.Cu/c2*1-2-6-11(7-3-1)14-10-12-8-4-5-9-13-12;2-1(3,4)5;/h10-12H,1-9H2;1-3,6-7,10,12H,4-5,8-9H2;2-4H;/q2*-1;;+2. The number of nitrogens with zero attached hydrogens (tertiary/aromatic N) is 4. The molecule has 2 atom stereocenters. The second kappa shape index (κ2) is 18.4. The van der Waals surface area contributed by atoms with Gasteiger partial charge >= 0.3 is 45.9 Å². The van der Waals surface area contributed by atoms with Gasteiger partial charge in [0.25, 0.3) is 0 Å². The first kappa shape index (κ1) is 31.2. The summed E-state index contributed by atoms with van der Waals surface area (Å²) in [6, 6.07) is 11.5. The minimum absolute atomic E-state index is 0. The van der Waals surface area contributed by atoms with Crippen LogP contribution in [-0.4, -0.2) is 57.6 Å². The van der Waals surface area contributed by atoms with Crippen LogP contribution < -0.4 is 4.66 Å². The molecule has 1 saturated carbocycles. The Labute approximate surface area is 216 Å². The van der Waals surface area contributed by atoms with Gasteiger partial charge in [-0.15, -0.1) is 13.1 Å². The summed E-state index contributed by atoms with van der Waals surface area (Å²) in [4.78, 5) is 9.10. The normalized spacial score (nSPS) is 24.4. The molecule has 3 N–H and O–H groups in total. The van der Waals surface area contributed by atoms with Crippen LogP contribution in [0, 0.1) is 10.2 Å². The van der Waals surface area contributed by atoms with E-state index >= 15 is 0 Å². The van der Waals surface area contributed by atoms with Gasteiger partial charge in [0.15, 0.2) is 0 Å². The Bertz CT molecular complexity index is 647. The Balaban J connectivity index is 0.000000278. The van der Waals surface area contributed by atoms with Crippen molar-refractivity contribution in [3.05, 3.63) is 41.0 Å². The molecule has 34 heavy (non-hydrogen) atoms. The van der Waals surface area contributed by atoms with E-state index < -0.39 is 10.2 Å². The fourth-order valence-electron chi connectivity index (χ4n) is 4.01. The van der Waals surface area contributed by atoms with Gasteiger partial charge < -0.3 is 10.6 Å². The van der Waals surface area contributed by atoms with E-state index in [-0.39, 0.29) is 17.1 Å². The Morgan fingerprint density at radius 1 is 0.765 bits per heavy atom. The molecular formula is C24H39ClCuN4O4. The monoisotopic (exact) mass is 545 g/mol. The van der Waals surface area contributed by atoms with Crippen LogP contribution >= 0.6 is 0 Å². The third-order valence-corrected chi connectivity index (χ3v) is 5.74. The molecule has 2 aliphatic heterocycles. The third-order valence-electron chi connectivity index (χ3n) is 5.74. The van der Waals surface area contributed by atoms with Gasteiger partial charge in [0.2, 0.25) is 0 Å². The molecule has 0 spiro atoms. The van der Waals surface area contributed by atoms with Crippen molar-refractivity contribution >= 4 is 18.1 Å². The topological polar surface area (TPSA) is 137 Å². The number of benzene rings is 1. The van der Waals surface area contributed by atoms with E-state index in [0.29, 0.717) is 18.1 Å². The number of para-hydroxylation sites is 1. The second-order valence-corrected chi connectivity index (χ2v) is 9.44. The molecule has 2 unspecified atom stereocenters. The summed E-state index contributed by atoms with van der Waals surface area (Å²) >= 11 is 0. The summed E-state index contributed by atoms with van der Waals surface area (Å²) in [5.41, 5.74) is 1.02. The summed E-state index contributed by atoms with van der Waals surface area (Å²) < 4.78 is 30.2. The molecule has 2 saturated heterocycles. The Morgan fingerprint density at radius 3 is 1.76 bits per heavy atom. The van der Waals surface area contributed by atoms with Crippen molar-refractivity contribution in [2.24, 2.45) is 9.98 Å². The molecule has 3 aliphatic rings. The second-order valence-electron chi connectivity index (χ2n) is 8.58. The van der Waals surface area contributed by atoms with Gasteiger partial charge in [0.1, 0.15) is 0 Å². The first-order valence-electron chi connectivity index (χ1n) is 12.0. The fraction of sp³-hybridized carbons (Fsp3) is 0.667. The van der Waals surface area contributed by atoms with Crippen LogP contribution in [0.1, 0.15) is 70.6 Å². The first-order chi connectivity index (χ1) is 15.9. The molecular weight excluding hydrogens is 507 g/mol. The van der Waals surface area contributed by atoms with Crippen LogP contribution in [0.15, 0.2) is 40.3 Å². The van der Waals surface area contributed by atoms with Crippen LogP contribution in [0.3, 0.4) is 0 Å². The van der Waals surface area contributed by atoms with E-state index in [4.69, 9.17) is 18.6 Å². The molecule has 8 nitrogen and oxygen atoms in total. The van der Waals surface area contributed by atoms with Crippen molar-refractivity contribution < 1.29 is 45.9 Å². The number of halogens is 1. The van der Waals surface area contributed by atoms with E-state index in [0.717, 1.165) is 25.2 Å². The molecule has 1 aromatic carbocycles. The molecule has 4 rings (SSSR count). The molecule has 3 fully saturated rings. The number of rotatable bonds is 4. The number of hydrogen-bond donors (Lipinski definition) is 3. The predicted octanol–water partition coefficient (Wildman–Crippen LogP) is 3.77. The minimum atomic E-state index is -4.19. The van der Waals surface area contributed by atoms with Gasteiger partial charge in [-0.2, -0.15) is 0 Å². The Morgan fingerprint density at radius 2 is 1.26 bits per heavy atom. The van der Waals surface area contributed by atoms with Crippen LogP contribution in [-0.2, 0) is 17.1 Å². The van der Waals surface area contributed by atoms with E-state index in [9.17, 15) is 0 Å². The Hall–Kier alpha value is -0.871. The van der Waals surface area contributed by atoms with Crippen LogP contribution in [0.5, 0.6) is 0 Å². The molecule has 10 heteroatoms. The molecule has 1 aliphatic carbocycles. The van der Waals surface area contributed by atoms with Gasteiger partial charge in [-0.1, -0.05) is 88.1 Å². The summed E-state index contributed by atoms with van der Waals surface area (Å²) in [5, 5.41) is 9.06. The Kier molecular flexibility index (Phi) is 16.9. The van der Waals surface area contributed by atoms with E-state index in [2.05, 4.69) is 26.8 Å². The predicted molar refractivity (Wildman–Crippen MR) is 128 cm³/mol. The van der Waals surface area contributed by atoms with Crippen LogP contribution in [0.4, 0.5) is 5.69 Å². The SMILES string of the molecule is C(=NC1CCCCC1)C1CCCC[N-]1.C(=Nc1ccccc1)C1CCCC[N-]1.[Cu+2].[O-][Cl+](O)(O)O. The molecule has 1 aromatic rings. The number of aliphatic imine (C=N–C) groups is 2. The summed E-state index contributed by atoms with van der Waals surface area (Å²) in [6.07, 6.45) is 18.5. The molecule has 0 amide bonds. The summed E-state index contributed by atoms with van der Waals surface area (Å²) in [7, 11) is -4.19. The van der Waals surface area contributed by atoms with Gasteiger partial charge in [-0.05, 0) is 37.4 Å². The van der Waals surface area contributed by atoms with Crippen molar-refractivity contribution in [2.75, 3.05) is 13.1 Å². The average Bonchev–Trinajstić information content (AvgIpc) is 2.84. The van der Waals surface area contributed by atoms with Crippen molar-refractivity contribution in [1.29, 1.82) is 0 Å². The zero-order chi connectivity index (χ0) is 23.8. The molecule has 0 aromatic heterocycles. The number of piperidine rings is 2. The van der Waals surface area contributed by atoms with Crippen LogP contribution in [0.25, 0.3) is 10.6 Å². The van der Waals surface area contributed by atoms with E-state index in [1.165, 1.54) is 64.2 Å². The third kappa shape index (κ3) is 16.7. The van der Waals surface area contributed by atoms with Gasteiger partial charge in [-0.25, -0.2) is 0 Å². The maximum absolute atomic E-state index is 8.83. The molecule has 1 radical (unpaired) electrons. The molecule has 0 bridgehead atoms.